The Morgan fingerprint density at radius 1 is 1.32 bits per heavy atom. The predicted octanol–water partition coefficient (Wildman–Crippen LogP) is 3.75. The fraction of sp³-hybridized carbons (Fsp3) is 0.588. The normalized spacial score (nSPS) is 17.0. The van der Waals surface area contributed by atoms with Crippen molar-refractivity contribution in [2.75, 3.05) is 11.4 Å². The van der Waals surface area contributed by atoms with Crippen LogP contribution in [0.25, 0.3) is 0 Å². The number of aryl methyl sites for hydroxylation is 2. The number of hydrogen-bond donors (Lipinski definition) is 0. The highest BCUT2D eigenvalue weighted by Crippen LogP contribution is 2.31. The van der Waals surface area contributed by atoms with Crippen molar-refractivity contribution in [1.29, 1.82) is 0 Å². The molecule has 19 heavy (non-hydrogen) atoms. The third kappa shape index (κ3) is 2.83. The summed E-state index contributed by atoms with van der Waals surface area (Å²) in [5.41, 5.74) is 3.67. The van der Waals surface area contributed by atoms with E-state index in [4.69, 9.17) is 0 Å². The maximum atomic E-state index is 12.5. The van der Waals surface area contributed by atoms with Gasteiger partial charge in [0.25, 0.3) is 0 Å². The van der Waals surface area contributed by atoms with Gasteiger partial charge in [-0.25, -0.2) is 0 Å². The molecule has 1 unspecified atom stereocenters. The van der Waals surface area contributed by atoms with E-state index in [1.807, 2.05) is 27.7 Å². The lowest BCUT2D eigenvalue weighted by molar-refractivity contribution is -0.127. The molecule has 2 rings (SSSR count). The minimum atomic E-state index is -0.276. The zero-order valence-corrected chi connectivity index (χ0v) is 12.8. The van der Waals surface area contributed by atoms with Gasteiger partial charge in [0.1, 0.15) is 0 Å². The topological polar surface area (TPSA) is 20.3 Å². The van der Waals surface area contributed by atoms with Gasteiger partial charge in [0.05, 0.1) is 6.04 Å². The SMILES string of the molecule is Cc1ccc2c(c1)CCCN2C(C)C(=O)C(C)(C)C. The van der Waals surface area contributed by atoms with Crippen LogP contribution in [0, 0.1) is 12.3 Å². The Labute approximate surface area is 116 Å². The first kappa shape index (κ1) is 14.1. The van der Waals surface area contributed by atoms with Gasteiger partial charge in [0, 0.05) is 17.6 Å². The summed E-state index contributed by atoms with van der Waals surface area (Å²) in [6, 6.07) is 6.54. The third-order valence-corrected chi connectivity index (χ3v) is 3.98. The Kier molecular flexibility index (Phi) is 3.71. The van der Waals surface area contributed by atoms with E-state index in [0.717, 1.165) is 19.4 Å². The number of Topliss-reactive ketones (excluding diaryl/α,β-unsaturated/α-hetero) is 1. The molecule has 1 aromatic carbocycles. The van der Waals surface area contributed by atoms with Crippen molar-refractivity contribution in [1.82, 2.24) is 0 Å². The van der Waals surface area contributed by atoms with Gasteiger partial charge in [-0.3, -0.25) is 4.79 Å². The molecule has 1 aromatic rings. The second-order valence-corrected chi connectivity index (χ2v) is 6.72. The fourth-order valence-electron chi connectivity index (χ4n) is 2.93. The molecule has 1 aliphatic heterocycles. The number of fused-ring (bicyclic) bond motifs is 1. The summed E-state index contributed by atoms with van der Waals surface area (Å²) >= 11 is 0. The molecule has 1 atom stereocenters. The summed E-state index contributed by atoms with van der Waals surface area (Å²) < 4.78 is 0. The van der Waals surface area contributed by atoms with Gasteiger partial charge >= 0.3 is 0 Å². The zero-order chi connectivity index (χ0) is 14.2. The molecule has 1 aliphatic rings. The predicted molar refractivity (Wildman–Crippen MR) is 80.8 cm³/mol. The Balaban J connectivity index is 2.31. The summed E-state index contributed by atoms with van der Waals surface area (Å²) in [6.07, 6.45) is 2.27. The number of benzene rings is 1. The minimum Gasteiger partial charge on any atom is -0.362 e. The molecule has 0 radical (unpaired) electrons. The molecule has 0 bridgehead atoms. The van der Waals surface area contributed by atoms with Crippen LogP contribution in [0.1, 0.15) is 45.2 Å². The summed E-state index contributed by atoms with van der Waals surface area (Å²) in [4.78, 5) is 14.8. The highest BCUT2D eigenvalue weighted by Gasteiger charge is 2.32. The lowest BCUT2D eigenvalue weighted by atomic mass is 9.85. The van der Waals surface area contributed by atoms with Crippen LogP contribution in [-0.2, 0) is 11.2 Å². The van der Waals surface area contributed by atoms with E-state index in [1.165, 1.54) is 16.8 Å². The third-order valence-electron chi connectivity index (χ3n) is 3.98. The summed E-state index contributed by atoms with van der Waals surface area (Å²) in [7, 11) is 0. The molecule has 0 N–H and O–H groups in total. The van der Waals surface area contributed by atoms with Crippen molar-refractivity contribution in [3.8, 4) is 0 Å². The summed E-state index contributed by atoms with van der Waals surface area (Å²) in [6.45, 7) is 11.2. The number of rotatable bonds is 2. The van der Waals surface area contributed by atoms with Crippen molar-refractivity contribution >= 4 is 11.5 Å². The fourth-order valence-corrected chi connectivity index (χ4v) is 2.93. The van der Waals surface area contributed by atoms with E-state index in [9.17, 15) is 4.79 Å². The molecule has 2 heteroatoms. The Hall–Kier alpha value is -1.31. The van der Waals surface area contributed by atoms with Crippen LogP contribution in [0.4, 0.5) is 5.69 Å². The monoisotopic (exact) mass is 259 g/mol. The van der Waals surface area contributed by atoms with E-state index in [0.29, 0.717) is 5.78 Å². The smallest absolute Gasteiger partial charge is 0.160 e. The second kappa shape index (κ2) is 4.99. The molecule has 2 nitrogen and oxygen atoms in total. The molecule has 0 spiro atoms. The minimum absolute atomic E-state index is 0.0400. The van der Waals surface area contributed by atoms with Crippen LogP contribution < -0.4 is 4.90 Å². The lowest BCUT2D eigenvalue weighted by Crippen LogP contribution is -2.46. The van der Waals surface area contributed by atoms with Gasteiger partial charge in [0.2, 0.25) is 0 Å². The number of carbonyl (C=O) groups is 1. The molecule has 1 heterocycles. The first-order valence-electron chi connectivity index (χ1n) is 7.21. The van der Waals surface area contributed by atoms with E-state index in [2.05, 4.69) is 30.0 Å². The highest BCUT2D eigenvalue weighted by molar-refractivity contribution is 5.91. The first-order valence-corrected chi connectivity index (χ1v) is 7.21. The maximum absolute atomic E-state index is 12.5. The molecular formula is C17H25NO. The van der Waals surface area contributed by atoms with Crippen molar-refractivity contribution in [2.45, 2.75) is 53.5 Å². The molecule has 0 saturated heterocycles. The van der Waals surface area contributed by atoms with Crippen molar-refractivity contribution in [3.05, 3.63) is 29.3 Å². The van der Waals surface area contributed by atoms with Crippen LogP contribution in [0.15, 0.2) is 18.2 Å². The molecule has 0 aromatic heterocycles. The van der Waals surface area contributed by atoms with E-state index in [1.54, 1.807) is 0 Å². The number of ketones is 1. The standard InChI is InChI=1S/C17H25NO/c1-12-8-9-15-14(11-12)7-6-10-18(15)13(2)16(19)17(3,4)5/h8-9,11,13H,6-7,10H2,1-5H3. The number of anilines is 1. The van der Waals surface area contributed by atoms with Gasteiger partial charge in [0.15, 0.2) is 5.78 Å². The molecule has 0 aliphatic carbocycles. The summed E-state index contributed by atoms with van der Waals surface area (Å²) in [5, 5.41) is 0. The Bertz CT molecular complexity index is 485. The highest BCUT2D eigenvalue weighted by atomic mass is 16.1. The van der Waals surface area contributed by atoms with Crippen molar-refractivity contribution < 1.29 is 4.79 Å². The van der Waals surface area contributed by atoms with Gasteiger partial charge in [-0.05, 0) is 38.3 Å². The zero-order valence-electron chi connectivity index (χ0n) is 12.8. The van der Waals surface area contributed by atoms with Crippen molar-refractivity contribution in [2.24, 2.45) is 5.41 Å². The molecule has 0 saturated carbocycles. The average Bonchev–Trinajstić information content (AvgIpc) is 2.34. The molecular weight excluding hydrogens is 234 g/mol. The summed E-state index contributed by atoms with van der Waals surface area (Å²) in [5.74, 6) is 0.320. The van der Waals surface area contributed by atoms with Crippen LogP contribution in [0.5, 0.6) is 0 Å². The number of hydrogen-bond acceptors (Lipinski definition) is 2. The van der Waals surface area contributed by atoms with Gasteiger partial charge < -0.3 is 4.90 Å². The number of carbonyl (C=O) groups excluding carboxylic acids is 1. The van der Waals surface area contributed by atoms with Crippen LogP contribution in [0.3, 0.4) is 0 Å². The maximum Gasteiger partial charge on any atom is 0.160 e. The van der Waals surface area contributed by atoms with Crippen LogP contribution in [0.2, 0.25) is 0 Å². The number of nitrogens with zero attached hydrogens (tertiary/aromatic N) is 1. The van der Waals surface area contributed by atoms with Gasteiger partial charge in [-0.1, -0.05) is 38.5 Å². The quantitative estimate of drug-likeness (QED) is 0.806. The van der Waals surface area contributed by atoms with Crippen LogP contribution in [-0.4, -0.2) is 18.4 Å². The van der Waals surface area contributed by atoms with Gasteiger partial charge in [-0.15, -0.1) is 0 Å². The molecule has 0 fully saturated rings. The first-order chi connectivity index (χ1) is 8.80. The average molecular weight is 259 g/mol. The Morgan fingerprint density at radius 2 is 2.00 bits per heavy atom. The lowest BCUT2D eigenvalue weighted by Gasteiger charge is -2.38. The second-order valence-electron chi connectivity index (χ2n) is 6.72. The van der Waals surface area contributed by atoms with E-state index in [-0.39, 0.29) is 11.5 Å². The van der Waals surface area contributed by atoms with Crippen LogP contribution >= 0.6 is 0 Å². The molecule has 104 valence electrons. The van der Waals surface area contributed by atoms with Gasteiger partial charge in [-0.2, -0.15) is 0 Å². The Morgan fingerprint density at radius 3 is 2.63 bits per heavy atom. The van der Waals surface area contributed by atoms with E-state index >= 15 is 0 Å². The largest absolute Gasteiger partial charge is 0.362 e. The molecule has 0 amide bonds. The van der Waals surface area contributed by atoms with E-state index < -0.39 is 0 Å². The van der Waals surface area contributed by atoms with Crippen molar-refractivity contribution in [3.63, 3.8) is 0 Å².